The molecule has 3 heteroatoms. The van der Waals surface area contributed by atoms with Crippen LogP contribution in [0.4, 0.5) is 0 Å². The molecule has 2 atom stereocenters. The van der Waals surface area contributed by atoms with E-state index in [2.05, 4.69) is 17.1 Å². The molecule has 1 unspecified atom stereocenters. The predicted molar refractivity (Wildman–Crippen MR) is 66.5 cm³/mol. The first-order valence-electron chi connectivity index (χ1n) is 6.88. The minimum Gasteiger partial charge on any atom is -0.392 e. The average Bonchev–Trinajstić information content (AvgIpc) is 2.70. The molecule has 2 fully saturated rings. The number of hydrogen-bond acceptors (Lipinski definition) is 3. The average molecular weight is 226 g/mol. The second kappa shape index (κ2) is 5.99. The molecule has 16 heavy (non-hydrogen) atoms. The minimum absolute atomic E-state index is 0.103. The van der Waals surface area contributed by atoms with Crippen molar-refractivity contribution in [3.05, 3.63) is 0 Å². The van der Waals surface area contributed by atoms with E-state index in [4.69, 9.17) is 0 Å². The van der Waals surface area contributed by atoms with Gasteiger partial charge in [0.2, 0.25) is 0 Å². The highest BCUT2D eigenvalue weighted by atomic mass is 16.3. The van der Waals surface area contributed by atoms with E-state index in [0.717, 1.165) is 38.5 Å². The second-order valence-corrected chi connectivity index (χ2v) is 5.65. The van der Waals surface area contributed by atoms with Gasteiger partial charge in [0.1, 0.15) is 0 Å². The Balaban J connectivity index is 1.67. The zero-order valence-electron chi connectivity index (χ0n) is 10.5. The fourth-order valence-electron chi connectivity index (χ4n) is 3.18. The number of piperazine rings is 1. The molecule has 0 aromatic rings. The molecule has 1 saturated carbocycles. The smallest absolute Gasteiger partial charge is 0.0669 e. The summed E-state index contributed by atoms with van der Waals surface area (Å²) in [5.41, 5.74) is 0. The van der Waals surface area contributed by atoms with Gasteiger partial charge >= 0.3 is 0 Å². The summed E-state index contributed by atoms with van der Waals surface area (Å²) in [7, 11) is 0. The molecule has 1 saturated heterocycles. The van der Waals surface area contributed by atoms with Gasteiger partial charge in [-0.05, 0) is 19.3 Å². The van der Waals surface area contributed by atoms with Crippen molar-refractivity contribution < 1.29 is 5.11 Å². The molecule has 0 spiro atoms. The Morgan fingerprint density at radius 3 is 2.81 bits per heavy atom. The van der Waals surface area contributed by atoms with Gasteiger partial charge < -0.3 is 10.4 Å². The van der Waals surface area contributed by atoms with Gasteiger partial charge in [0.25, 0.3) is 0 Å². The van der Waals surface area contributed by atoms with Crippen LogP contribution in [0.5, 0.6) is 0 Å². The molecule has 2 rings (SSSR count). The molecule has 0 amide bonds. The quantitative estimate of drug-likeness (QED) is 0.756. The standard InChI is InChI=1S/C13H26N2O/c1-11-9-15(7-6-14-11)10-13(16)8-12-4-2-3-5-12/h11-14,16H,2-10H2,1H3/t11-,13?/m1/s1. The van der Waals surface area contributed by atoms with Crippen LogP contribution in [0.25, 0.3) is 0 Å². The van der Waals surface area contributed by atoms with Gasteiger partial charge in [0.15, 0.2) is 0 Å². The molecule has 3 nitrogen and oxygen atoms in total. The summed E-state index contributed by atoms with van der Waals surface area (Å²) in [5, 5.41) is 13.5. The van der Waals surface area contributed by atoms with Crippen molar-refractivity contribution in [1.29, 1.82) is 0 Å². The summed E-state index contributed by atoms with van der Waals surface area (Å²) in [6.07, 6.45) is 6.36. The molecule has 2 N–H and O–H groups in total. The van der Waals surface area contributed by atoms with E-state index in [-0.39, 0.29) is 6.10 Å². The van der Waals surface area contributed by atoms with Crippen LogP contribution < -0.4 is 5.32 Å². The van der Waals surface area contributed by atoms with Crippen LogP contribution in [0, 0.1) is 5.92 Å². The molecule has 0 radical (unpaired) electrons. The van der Waals surface area contributed by atoms with E-state index in [1.807, 2.05) is 0 Å². The number of nitrogens with one attached hydrogen (secondary N) is 1. The lowest BCUT2D eigenvalue weighted by Gasteiger charge is -2.33. The maximum Gasteiger partial charge on any atom is 0.0669 e. The van der Waals surface area contributed by atoms with Crippen molar-refractivity contribution in [2.24, 2.45) is 5.92 Å². The Morgan fingerprint density at radius 2 is 2.12 bits per heavy atom. The summed E-state index contributed by atoms with van der Waals surface area (Å²) >= 11 is 0. The summed E-state index contributed by atoms with van der Waals surface area (Å²) in [6.45, 7) is 6.34. The number of aliphatic hydroxyl groups excluding tert-OH is 1. The summed E-state index contributed by atoms with van der Waals surface area (Å²) < 4.78 is 0. The maximum absolute atomic E-state index is 10.1. The number of nitrogens with zero attached hydrogens (tertiary/aromatic N) is 1. The molecule has 1 heterocycles. The predicted octanol–water partition coefficient (Wildman–Crippen LogP) is 1.22. The summed E-state index contributed by atoms with van der Waals surface area (Å²) in [5.74, 6) is 0.801. The third-order valence-corrected chi connectivity index (χ3v) is 4.00. The summed E-state index contributed by atoms with van der Waals surface area (Å²) in [4.78, 5) is 2.40. The van der Waals surface area contributed by atoms with Crippen LogP contribution in [0.3, 0.4) is 0 Å². The highest BCUT2D eigenvalue weighted by Gasteiger charge is 2.22. The van der Waals surface area contributed by atoms with Crippen LogP contribution in [0.15, 0.2) is 0 Å². The molecular formula is C13H26N2O. The molecule has 0 aromatic carbocycles. The van der Waals surface area contributed by atoms with E-state index < -0.39 is 0 Å². The Labute approximate surface area is 99.2 Å². The first kappa shape index (κ1) is 12.3. The molecule has 0 aromatic heterocycles. The van der Waals surface area contributed by atoms with Crippen LogP contribution >= 0.6 is 0 Å². The van der Waals surface area contributed by atoms with Crippen LogP contribution in [-0.2, 0) is 0 Å². The number of hydrogen-bond donors (Lipinski definition) is 2. The van der Waals surface area contributed by atoms with Crippen LogP contribution in [0.2, 0.25) is 0 Å². The maximum atomic E-state index is 10.1. The zero-order chi connectivity index (χ0) is 11.4. The Hall–Kier alpha value is -0.120. The Kier molecular flexibility index (Phi) is 4.62. The van der Waals surface area contributed by atoms with Gasteiger partial charge in [-0.3, -0.25) is 4.90 Å². The van der Waals surface area contributed by atoms with E-state index in [9.17, 15) is 5.11 Å². The SMILES string of the molecule is C[C@@H]1CN(CC(O)CC2CCCC2)CCN1. The molecule has 94 valence electrons. The third kappa shape index (κ3) is 3.72. The number of β-amino-alcohol motifs (C(OH)–C–C–N with tert-alkyl or cyclic N) is 1. The lowest BCUT2D eigenvalue weighted by Crippen LogP contribution is -2.51. The van der Waals surface area contributed by atoms with Crippen molar-refractivity contribution >= 4 is 0 Å². The first-order chi connectivity index (χ1) is 7.74. The third-order valence-electron chi connectivity index (χ3n) is 4.00. The van der Waals surface area contributed by atoms with Gasteiger partial charge in [0.05, 0.1) is 6.10 Å². The normalized spacial score (nSPS) is 30.8. The lowest BCUT2D eigenvalue weighted by molar-refractivity contribution is 0.0784. The van der Waals surface area contributed by atoms with Crippen LogP contribution in [-0.4, -0.2) is 48.3 Å². The molecule has 1 aliphatic heterocycles. The topological polar surface area (TPSA) is 35.5 Å². The van der Waals surface area contributed by atoms with Gasteiger partial charge in [-0.2, -0.15) is 0 Å². The minimum atomic E-state index is -0.103. The first-order valence-corrected chi connectivity index (χ1v) is 6.88. The highest BCUT2D eigenvalue weighted by Crippen LogP contribution is 2.28. The van der Waals surface area contributed by atoms with Gasteiger partial charge in [-0.25, -0.2) is 0 Å². The second-order valence-electron chi connectivity index (χ2n) is 5.65. The van der Waals surface area contributed by atoms with Crippen LogP contribution in [0.1, 0.15) is 39.0 Å². The van der Waals surface area contributed by atoms with Gasteiger partial charge in [0, 0.05) is 32.2 Å². The van der Waals surface area contributed by atoms with E-state index >= 15 is 0 Å². The Bertz CT molecular complexity index is 204. The van der Waals surface area contributed by atoms with E-state index in [1.165, 1.54) is 25.7 Å². The fraction of sp³-hybridized carbons (Fsp3) is 1.00. The van der Waals surface area contributed by atoms with Crippen molar-refractivity contribution in [2.45, 2.75) is 51.2 Å². The molecular weight excluding hydrogens is 200 g/mol. The number of aliphatic hydroxyl groups is 1. The van der Waals surface area contributed by atoms with Gasteiger partial charge in [-0.15, -0.1) is 0 Å². The largest absolute Gasteiger partial charge is 0.392 e. The summed E-state index contributed by atoms with van der Waals surface area (Å²) in [6, 6.07) is 0.576. The fourth-order valence-corrected chi connectivity index (χ4v) is 3.18. The lowest BCUT2D eigenvalue weighted by atomic mass is 9.99. The monoisotopic (exact) mass is 226 g/mol. The molecule has 1 aliphatic carbocycles. The highest BCUT2D eigenvalue weighted by molar-refractivity contribution is 4.78. The molecule has 2 aliphatic rings. The van der Waals surface area contributed by atoms with Crippen molar-refractivity contribution in [3.8, 4) is 0 Å². The van der Waals surface area contributed by atoms with Crippen molar-refractivity contribution in [1.82, 2.24) is 10.2 Å². The Morgan fingerprint density at radius 1 is 1.38 bits per heavy atom. The van der Waals surface area contributed by atoms with E-state index in [0.29, 0.717) is 6.04 Å². The van der Waals surface area contributed by atoms with Crippen molar-refractivity contribution in [2.75, 3.05) is 26.2 Å². The molecule has 0 bridgehead atoms. The van der Waals surface area contributed by atoms with E-state index in [1.54, 1.807) is 0 Å². The zero-order valence-corrected chi connectivity index (χ0v) is 10.5. The number of rotatable bonds is 4. The van der Waals surface area contributed by atoms with Gasteiger partial charge in [-0.1, -0.05) is 25.7 Å². The van der Waals surface area contributed by atoms with Crippen molar-refractivity contribution in [3.63, 3.8) is 0 Å².